The first-order valence-corrected chi connectivity index (χ1v) is 24.0. The number of anilines is 3. The molecule has 69 heavy (non-hydrogen) atoms. The summed E-state index contributed by atoms with van der Waals surface area (Å²) in [6.07, 6.45) is 0. The van der Waals surface area contributed by atoms with Crippen LogP contribution in [0.15, 0.2) is 255 Å². The van der Waals surface area contributed by atoms with E-state index in [2.05, 4.69) is 278 Å². The highest BCUT2D eigenvalue weighted by Gasteiger charge is 2.36. The number of aromatic nitrogens is 1. The highest BCUT2D eigenvalue weighted by Crippen LogP contribution is 2.52. The molecule has 0 fully saturated rings. The maximum Gasteiger partial charge on any atom is 0.0620 e. The van der Waals surface area contributed by atoms with Crippen LogP contribution in [0.25, 0.3) is 93.9 Å². The lowest BCUT2D eigenvalue weighted by Crippen LogP contribution is -2.16. The first-order valence-electron chi connectivity index (χ1n) is 24.0. The van der Waals surface area contributed by atoms with E-state index < -0.39 is 0 Å². The average molecular weight is 881 g/mol. The minimum atomic E-state index is -0.126. The zero-order valence-electron chi connectivity index (χ0n) is 38.6. The van der Waals surface area contributed by atoms with Crippen LogP contribution in [0.4, 0.5) is 17.1 Å². The van der Waals surface area contributed by atoms with Gasteiger partial charge in [-0.25, -0.2) is 0 Å². The minimum Gasteiger partial charge on any atom is -0.310 e. The maximum atomic E-state index is 2.51. The fraction of sp³-hybridized carbons (Fsp3) is 0.0448. The van der Waals surface area contributed by atoms with E-state index in [0.717, 1.165) is 22.7 Å². The van der Waals surface area contributed by atoms with Gasteiger partial charge in [0.2, 0.25) is 0 Å². The Kier molecular flexibility index (Phi) is 9.55. The van der Waals surface area contributed by atoms with Crippen LogP contribution in [0, 0.1) is 0 Å². The van der Waals surface area contributed by atoms with Gasteiger partial charge in [-0.15, -0.1) is 0 Å². The van der Waals surface area contributed by atoms with Gasteiger partial charge in [0.15, 0.2) is 0 Å². The van der Waals surface area contributed by atoms with Crippen LogP contribution in [0.2, 0.25) is 0 Å². The zero-order chi connectivity index (χ0) is 46.1. The molecule has 11 aromatic carbocycles. The van der Waals surface area contributed by atoms with E-state index in [9.17, 15) is 0 Å². The largest absolute Gasteiger partial charge is 0.310 e. The van der Waals surface area contributed by atoms with E-state index in [4.69, 9.17) is 0 Å². The van der Waals surface area contributed by atoms with Gasteiger partial charge in [0, 0.05) is 44.2 Å². The molecular formula is C67H48N2. The van der Waals surface area contributed by atoms with Crippen molar-refractivity contribution in [1.82, 2.24) is 4.57 Å². The van der Waals surface area contributed by atoms with E-state index in [1.165, 1.54) is 99.3 Å². The van der Waals surface area contributed by atoms with E-state index in [1.807, 2.05) is 0 Å². The molecule has 0 radical (unpaired) electrons. The SMILES string of the molecule is CC1(C)c2ccccc2-c2ccc(N(c3ccc(-c4cc5c(-c6ccccc6)c(-c6ccccc6)n(-c6ccc(-c7ccccc7)cc6)c5c5ccccc45)cc3)c3cccc4ccccc34)cc21. The second-order valence-electron chi connectivity index (χ2n) is 18.9. The van der Waals surface area contributed by atoms with Crippen LogP contribution in [0.1, 0.15) is 25.0 Å². The molecule has 0 saturated heterocycles. The molecule has 0 aliphatic heterocycles. The molecule has 0 atom stereocenters. The Hall–Kier alpha value is -8.72. The molecule has 0 saturated carbocycles. The lowest BCUT2D eigenvalue weighted by atomic mass is 9.82. The van der Waals surface area contributed by atoms with Gasteiger partial charge in [-0.2, -0.15) is 0 Å². The summed E-state index contributed by atoms with van der Waals surface area (Å²) >= 11 is 0. The summed E-state index contributed by atoms with van der Waals surface area (Å²) in [4.78, 5) is 2.45. The molecule has 326 valence electrons. The van der Waals surface area contributed by atoms with Gasteiger partial charge < -0.3 is 9.47 Å². The fourth-order valence-electron chi connectivity index (χ4n) is 11.3. The van der Waals surface area contributed by atoms with Crippen LogP contribution in [-0.4, -0.2) is 4.57 Å². The molecule has 12 aromatic rings. The monoisotopic (exact) mass is 880 g/mol. The van der Waals surface area contributed by atoms with Crippen LogP contribution in [0.5, 0.6) is 0 Å². The van der Waals surface area contributed by atoms with Crippen molar-refractivity contribution < 1.29 is 0 Å². The Bertz CT molecular complexity index is 3880. The van der Waals surface area contributed by atoms with E-state index >= 15 is 0 Å². The lowest BCUT2D eigenvalue weighted by Gasteiger charge is -2.29. The summed E-state index contributed by atoms with van der Waals surface area (Å²) in [6, 6.07) is 93.7. The molecule has 0 spiro atoms. The van der Waals surface area contributed by atoms with Gasteiger partial charge in [-0.05, 0) is 115 Å². The Morgan fingerprint density at radius 1 is 0.348 bits per heavy atom. The number of hydrogen-bond acceptors (Lipinski definition) is 1. The lowest BCUT2D eigenvalue weighted by molar-refractivity contribution is 0.660. The molecule has 1 aliphatic rings. The second-order valence-corrected chi connectivity index (χ2v) is 18.9. The second kappa shape index (κ2) is 16.3. The molecule has 1 aliphatic carbocycles. The highest BCUT2D eigenvalue weighted by atomic mass is 15.1. The fourth-order valence-corrected chi connectivity index (χ4v) is 11.3. The van der Waals surface area contributed by atoms with Crippen molar-refractivity contribution in [3.05, 3.63) is 266 Å². The summed E-state index contributed by atoms with van der Waals surface area (Å²) in [5, 5.41) is 6.06. The molecule has 0 unspecified atom stereocenters. The third-order valence-corrected chi connectivity index (χ3v) is 14.6. The molecule has 0 amide bonds. The van der Waals surface area contributed by atoms with Crippen molar-refractivity contribution >= 4 is 49.5 Å². The Morgan fingerprint density at radius 2 is 0.899 bits per heavy atom. The molecule has 0 bridgehead atoms. The standard InChI is InChI=1S/C67H48N2/c1-67(2)61-31-17-16-29-56(61)57-42-41-53(43-62(57)67)68(63-32-18-26-47-21-12-13-27-54(47)63)51-39-35-48(36-40-51)59-44-60-64(49-22-8-4-9-23-49)65(50-24-10-5-11-25-50)69(66(60)58-30-15-14-28-55(58)59)52-37-33-46(34-38-52)45-19-6-3-7-20-45/h3-44H,1-2H3. The first-order chi connectivity index (χ1) is 34.0. The molecule has 13 rings (SSSR count). The van der Waals surface area contributed by atoms with E-state index in [0.29, 0.717) is 0 Å². The molecule has 1 aromatic heterocycles. The zero-order valence-corrected chi connectivity index (χ0v) is 38.6. The van der Waals surface area contributed by atoms with E-state index in [1.54, 1.807) is 0 Å². The summed E-state index contributed by atoms with van der Waals surface area (Å²) < 4.78 is 2.51. The van der Waals surface area contributed by atoms with E-state index in [-0.39, 0.29) is 5.41 Å². The first kappa shape index (κ1) is 40.5. The normalized spacial score (nSPS) is 12.6. The van der Waals surface area contributed by atoms with Crippen molar-refractivity contribution in [1.29, 1.82) is 0 Å². The van der Waals surface area contributed by atoms with Crippen LogP contribution in [0.3, 0.4) is 0 Å². The van der Waals surface area contributed by atoms with Gasteiger partial charge in [0.25, 0.3) is 0 Å². The summed E-state index contributed by atoms with van der Waals surface area (Å²) in [5.74, 6) is 0. The van der Waals surface area contributed by atoms with Gasteiger partial charge in [-0.3, -0.25) is 0 Å². The summed E-state index contributed by atoms with van der Waals surface area (Å²) in [6.45, 7) is 4.73. The van der Waals surface area contributed by atoms with Crippen molar-refractivity contribution in [3.8, 4) is 61.5 Å². The third-order valence-electron chi connectivity index (χ3n) is 14.6. The minimum absolute atomic E-state index is 0.126. The molecular weight excluding hydrogens is 833 g/mol. The van der Waals surface area contributed by atoms with Crippen molar-refractivity contribution in [3.63, 3.8) is 0 Å². The van der Waals surface area contributed by atoms with Crippen LogP contribution >= 0.6 is 0 Å². The molecule has 0 N–H and O–H groups in total. The predicted octanol–water partition coefficient (Wildman–Crippen LogP) is 18.4. The van der Waals surface area contributed by atoms with Crippen molar-refractivity contribution in [2.24, 2.45) is 0 Å². The maximum absolute atomic E-state index is 2.51. The number of hydrogen-bond donors (Lipinski definition) is 0. The summed E-state index contributed by atoms with van der Waals surface area (Å²) in [5.41, 5.74) is 20.5. The average Bonchev–Trinajstić information content (AvgIpc) is 3.88. The molecule has 2 heteroatoms. The molecule has 2 nitrogen and oxygen atoms in total. The van der Waals surface area contributed by atoms with Gasteiger partial charge >= 0.3 is 0 Å². The number of benzene rings is 11. The Balaban J connectivity index is 1.02. The topological polar surface area (TPSA) is 8.17 Å². The van der Waals surface area contributed by atoms with Crippen LogP contribution in [-0.2, 0) is 5.41 Å². The summed E-state index contributed by atoms with van der Waals surface area (Å²) in [7, 11) is 0. The number of rotatable bonds is 8. The van der Waals surface area contributed by atoms with Crippen molar-refractivity contribution in [2.75, 3.05) is 4.90 Å². The smallest absolute Gasteiger partial charge is 0.0620 e. The predicted molar refractivity (Wildman–Crippen MR) is 292 cm³/mol. The van der Waals surface area contributed by atoms with Crippen molar-refractivity contribution in [2.45, 2.75) is 19.3 Å². The van der Waals surface area contributed by atoms with Crippen LogP contribution < -0.4 is 4.90 Å². The number of nitrogens with zero attached hydrogens (tertiary/aromatic N) is 2. The highest BCUT2D eigenvalue weighted by molar-refractivity contribution is 6.20. The van der Waals surface area contributed by atoms with Gasteiger partial charge in [-0.1, -0.05) is 220 Å². The third kappa shape index (κ3) is 6.63. The quantitative estimate of drug-likeness (QED) is 0.148. The Morgan fingerprint density at radius 3 is 1.64 bits per heavy atom. The van der Waals surface area contributed by atoms with Gasteiger partial charge in [0.1, 0.15) is 0 Å². The molecule has 1 heterocycles. The Labute approximate surface area is 403 Å². The number of fused-ring (bicyclic) bond motifs is 7. The van der Waals surface area contributed by atoms with Gasteiger partial charge in [0.05, 0.1) is 16.9 Å².